The smallest absolute Gasteiger partial charge is 0.428 e. The van der Waals surface area contributed by atoms with Crippen molar-refractivity contribution >= 4 is 11.8 Å². The number of rotatable bonds is 2. The van der Waals surface area contributed by atoms with Crippen LogP contribution >= 0.6 is 0 Å². The summed E-state index contributed by atoms with van der Waals surface area (Å²) in [6.45, 7) is -0.0251. The molecule has 0 saturated heterocycles. The summed E-state index contributed by atoms with van der Waals surface area (Å²) in [5.74, 6) is -1.12. The number of aromatic nitrogens is 1. The molecule has 1 aromatic carbocycles. The van der Waals surface area contributed by atoms with Gasteiger partial charge in [0.2, 0.25) is 5.95 Å². The lowest BCUT2D eigenvalue weighted by Crippen LogP contribution is -2.30. The Morgan fingerprint density at radius 2 is 1.95 bits per heavy atom. The van der Waals surface area contributed by atoms with Crippen LogP contribution in [0.2, 0.25) is 0 Å². The van der Waals surface area contributed by atoms with Crippen molar-refractivity contribution in [3.8, 4) is 11.1 Å². The Balaban J connectivity index is 1.93. The van der Waals surface area contributed by atoms with Crippen LogP contribution in [0.5, 0.6) is 0 Å². The highest BCUT2D eigenvalue weighted by Crippen LogP contribution is 2.23. The molecule has 0 unspecified atom stereocenters. The van der Waals surface area contributed by atoms with Crippen LogP contribution in [-0.4, -0.2) is 23.4 Å². The van der Waals surface area contributed by atoms with Gasteiger partial charge in [0.05, 0.1) is 0 Å². The molecular weight excluding hydrogens is 280 g/mol. The van der Waals surface area contributed by atoms with Gasteiger partial charge in [0.25, 0.3) is 0 Å². The maximum atomic E-state index is 14.2. The SMILES string of the molecule is O=C1NN=C(c2ccc(-c3ccc(F)nc3)c(F)c2)CO1. The molecule has 21 heavy (non-hydrogen) atoms. The number of carbonyl (C=O) groups excluding carboxylic acids is 1. The third kappa shape index (κ3) is 2.71. The van der Waals surface area contributed by atoms with E-state index in [1.54, 1.807) is 12.1 Å². The van der Waals surface area contributed by atoms with E-state index in [2.05, 4.69) is 15.5 Å². The average Bonchev–Trinajstić information content (AvgIpc) is 2.49. The number of nitrogens with zero attached hydrogens (tertiary/aromatic N) is 2. The molecule has 0 bridgehead atoms. The fourth-order valence-electron chi connectivity index (χ4n) is 1.92. The van der Waals surface area contributed by atoms with Gasteiger partial charge in [-0.15, -0.1) is 0 Å². The summed E-state index contributed by atoms with van der Waals surface area (Å²) < 4.78 is 31.7. The molecule has 0 saturated carbocycles. The molecule has 1 N–H and O–H groups in total. The standard InChI is InChI=1S/C14H9F2N3O2/c15-11-5-8(12-7-21-14(20)19-18-12)1-3-10(11)9-2-4-13(16)17-6-9/h1-6H,7H2,(H,19,20). The quantitative estimate of drug-likeness (QED) is 0.864. The number of hydrogen-bond donors (Lipinski definition) is 1. The predicted molar refractivity (Wildman–Crippen MR) is 70.6 cm³/mol. The third-order valence-electron chi connectivity index (χ3n) is 2.96. The molecule has 2 heterocycles. The normalized spacial score (nSPS) is 14.2. The number of benzene rings is 1. The topological polar surface area (TPSA) is 63.6 Å². The first-order valence-corrected chi connectivity index (χ1v) is 6.04. The van der Waals surface area contributed by atoms with Crippen LogP contribution in [-0.2, 0) is 4.74 Å². The Hall–Kier alpha value is -2.83. The first-order valence-electron chi connectivity index (χ1n) is 6.04. The van der Waals surface area contributed by atoms with Crippen LogP contribution in [0.3, 0.4) is 0 Å². The Morgan fingerprint density at radius 3 is 2.57 bits per heavy atom. The van der Waals surface area contributed by atoms with E-state index in [1.807, 2.05) is 0 Å². The Morgan fingerprint density at radius 1 is 1.14 bits per heavy atom. The summed E-state index contributed by atoms with van der Waals surface area (Å²) in [6, 6.07) is 7.07. The molecule has 0 atom stereocenters. The van der Waals surface area contributed by atoms with Gasteiger partial charge in [-0.25, -0.2) is 19.6 Å². The van der Waals surface area contributed by atoms with E-state index < -0.39 is 17.9 Å². The molecule has 1 amide bonds. The van der Waals surface area contributed by atoms with Gasteiger partial charge in [-0.05, 0) is 18.2 Å². The lowest BCUT2D eigenvalue weighted by Gasteiger charge is -2.13. The maximum absolute atomic E-state index is 14.2. The summed E-state index contributed by atoms with van der Waals surface area (Å²) in [5, 5.41) is 3.80. The highest BCUT2D eigenvalue weighted by atomic mass is 19.1. The third-order valence-corrected chi connectivity index (χ3v) is 2.96. The number of amides is 1. The van der Waals surface area contributed by atoms with E-state index in [0.717, 1.165) is 6.07 Å². The first-order chi connectivity index (χ1) is 10.1. The number of hydrazone groups is 1. The van der Waals surface area contributed by atoms with Crippen molar-refractivity contribution in [2.75, 3.05) is 6.61 Å². The molecule has 7 heteroatoms. The van der Waals surface area contributed by atoms with Crippen molar-refractivity contribution in [3.05, 3.63) is 53.9 Å². The lowest BCUT2D eigenvalue weighted by molar-refractivity contribution is 0.157. The van der Waals surface area contributed by atoms with Crippen LogP contribution in [0, 0.1) is 11.8 Å². The van der Waals surface area contributed by atoms with Crippen molar-refractivity contribution in [2.24, 2.45) is 5.10 Å². The molecule has 0 fully saturated rings. The zero-order valence-electron chi connectivity index (χ0n) is 10.6. The van der Waals surface area contributed by atoms with Crippen molar-refractivity contribution in [3.63, 3.8) is 0 Å². The van der Waals surface area contributed by atoms with E-state index in [0.29, 0.717) is 22.4 Å². The molecule has 1 aliphatic rings. The van der Waals surface area contributed by atoms with Gasteiger partial charge >= 0.3 is 6.09 Å². The van der Waals surface area contributed by atoms with Gasteiger partial charge in [0, 0.05) is 22.9 Å². The number of nitrogens with one attached hydrogen (secondary N) is 1. The fraction of sp³-hybridized carbons (Fsp3) is 0.0714. The molecule has 0 spiro atoms. The summed E-state index contributed by atoms with van der Waals surface area (Å²) in [4.78, 5) is 14.3. The zero-order chi connectivity index (χ0) is 14.8. The van der Waals surface area contributed by atoms with Crippen molar-refractivity contribution in [1.29, 1.82) is 0 Å². The second-order valence-electron chi connectivity index (χ2n) is 4.31. The molecule has 1 aliphatic heterocycles. The van der Waals surface area contributed by atoms with Gasteiger partial charge in [0.15, 0.2) is 0 Å². The minimum atomic E-state index is -0.645. The first kappa shape index (κ1) is 13.2. The Bertz CT molecular complexity index is 729. The van der Waals surface area contributed by atoms with Crippen LogP contribution in [0.15, 0.2) is 41.6 Å². The number of hydrogen-bond acceptors (Lipinski definition) is 4. The van der Waals surface area contributed by atoms with Crippen molar-refractivity contribution in [1.82, 2.24) is 10.4 Å². The van der Waals surface area contributed by atoms with Gasteiger partial charge in [-0.3, -0.25) is 0 Å². The number of cyclic esters (lactones) is 1. The summed E-state index contributed by atoms with van der Waals surface area (Å²) in [7, 11) is 0. The average molecular weight is 289 g/mol. The number of carbonyl (C=O) groups is 1. The van der Waals surface area contributed by atoms with Crippen LogP contribution in [0.25, 0.3) is 11.1 Å². The predicted octanol–water partition coefficient (Wildman–Crippen LogP) is 2.47. The van der Waals surface area contributed by atoms with Crippen LogP contribution < -0.4 is 5.43 Å². The Kier molecular flexibility index (Phi) is 3.31. The van der Waals surface area contributed by atoms with Gasteiger partial charge in [0.1, 0.15) is 18.1 Å². The summed E-state index contributed by atoms with van der Waals surface area (Å²) in [5.41, 5.74) is 3.83. The number of ether oxygens (including phenoxy) is 1. The number of halogens is 2. The molecule has 106 valence electrons. The van der Waals surface area contributed by atoms with Gasteiger partial charge < -0.3 is 4.74 Å². The molecule has 0 aliphatic carbocycles. The van der Waals surface area contributed by atoms with E-state index in [-0.39, 0.29) is 6.61 Å². The summed E-state index contributed by atoms with van der Waals surface area (Å²) in [6.07, 6.45) is 0.614. The van der Waals surface area contributed by atoms with E-state index >= 15 is 0 Å². The minimum Gasteiger partial charge on any atom is -0.442 e. The zero-order valence-corrected chi connectivity index (χ0v) is 10.6. The summed E-state index contributed by atoms with van der Waals surface area (Å²) >= 11 is 0. The van der Waals surface area contributed by atoms with Crippen molar-refractivity contribution < 1.29 is 18.3 Å². The monoisotopic (exact) mass is 289 g/mol. The van der Waals surface area contributed by atoms with E-state index in [9.17, 15) is 13.6 Å². The van der Waals surface area contributed by atoms with Crippen molar-refractivity contribution in [2.45, 2.75) is 0 Å². The number of pyridine rings is 1. The second-order valence-corrected chi connectivity index (χ2v) is 4.31. The molecule has 1 aromatic heterocycles. The molecule has 0 radical (unpaired) electrons. The van der Waals surface area contributed by atoms with Crippen LogP contribution in [0.4, 0.5) is 13.6 Å². The van der Waals surface area contributed by atoms with E-state index in [4.69, 9.17) is 4.74 Å². The lowest BCUT2D eigenvalue weighted by atomic mass is 10.0. The largest absolute Gasteiger partial charge is 0.442 e. The Labute approximate surface area is 118 Å². The fourth-order valence-corrected chi connectivity index (χ4v) is 1.92. The molecule has 3 rings (SSSR count). The van der Waals surface area contributed by atoms with Crippen LogP contribution in [0.1, 0.15) is 5.56 Å². The molecular formula is C14H9F2N3O2. The van der Waals surface area contributed by atoms with E-state index in [1.165, 1.54) is 18.3 Å². The highest BCUT2D eigenvalue weighted by molar-refractivity contribution is 6.03. The minimum absolute atomic E-state index is 0.0251. The van der Waals surface area contributed by atoms with Gasteiger partial charge in [-0.2, -0.15) is 9.49 Å². The second kappa shape index (κ2) is 5.28. The molecule has 2 aromatic rings. The van der Waals surface area contributed by atoms with Gasteiger partial charge in [-0.1, -0.05) is 12.1 Å². The maximum Gasteiger partial charge on any atom is 0.428 e. The highest BCUT2D eigenvalue weighted by Gasteiger charge is 2.16. The molecule has 5 nitrogen and oxygen atoms in total.